The predicted octanol–water partition coefficient (Wildman–Crippen LogP) is 1.66. The zero-order valence-corrected chi connectivity index (χ0v) is 10.1. The third-order valence-electron chi connectivity index (χ3n) is 1.96. The van der Waals surface area contributed by atoms with E-state index in [1.165, 1.54) is 18.2 Å². The van der Waals surface area contributed by atoms with E-state index in [0.717, 1.165) is 0 Å². The molecule has 0 bridgehead atoms. The van der Waals surface area contributed by atoms with Crippen molar-refractivity contribution in [2.45, 2.75) is 18.2 Å². The van der Waals surface area contributed by atoms with Crippen LogP contribution in [0.2, 0.25) is 0 Å². The van der Waals surface area contributed by atoms with E-state index in [9.17, 15) is 17.2 Å². The molecule has 96 valence electrons. The van der Waals surface area contributed by atoms with Gasteiger partial charge < -0.3 is 5.32 Å². The van der Waals surface area contributed by atoms with Crippen LogP contribution in [0.5, 0.6) is 0 Å². The highest BCUT2D eigenvalue weighted by atomic mass is 32.2. The standard InChI is InChI=1S/C10H14F2N2O2S/c1-2-14-17(15,16)9-6-4-3-5-8(9)13-7-10(11)12/h3-6,10,13-14H,2,7H2,1H3. The van der Waals surface area contributed by atoms with Crippen molar-refractivity contribution in [2.24, 2.45) is 0 Å². The average Bonchev–Trinajstić information content (AvgIpc) is 2.26. The number of rotatable bonds is 6. The van der Waals surface area contributed by atoms with Crippen LogP contribution in [-0.4, -0.2) is 27.9 Å². The van der Waals surface area contributed by atoms with E-state index < -0.39 is 23.0 Å². The minimum absolute atomic E-state index is 0.0255. The van der Waals surface area contributed by atoms with E-state index in [4.69, 9.17) is 0 Å². The van der Waals surface area contributed by atoms with Crippen molar-refractivity contribution in [3.05, 3.63) is 24.3 Å². The van der Waals surface area contributed by atoms with Crippen molar-refractivity contribution in [2.75, 3.05) is 18.4 Å². The van der Waals surface area contributed by atoms with E-state index >= 15 is 0 Å². The van der Waals surface area contributed by atoms with Crippen molar-refractivity contribution in [1.82, 2.24) is 4.72 Å². The van der Waals surface area contributed by atoms with Crippen molar-refractivity contribution < 1.29 is 17.2 Å². The molecule has 0 spiro atoms. The van der Waals surface area contributed by atoms with Gasteiger partial charge in [-0.05, 0) is 12.1 Å². The molecular formula is C10H14F2N2O2S. The topological polar surface area (TPSA) is 58.2 Å². The first-order valence-electron chi connectivity index (χ1n) is 5.08. The number of alkyl halides is 2. The maximum atomic E-state index is 12.1. The third-order valence-corrected chi connectivity index (χ3v) is 3.56. The van der Waals surface area contributed by atoms with Crippen LogP contribution in [0.3, 0.4) is 0 Å². The van der Waals surface area contributed by atoms with Crippen molar-refractivity contribution in [1.29, 1.82) is 0 Å². The molecule has 0 fully saturated rings. The predicted molar refractivity (Wildman–Crippen MR) is 61.8 cm³/mol. The van der Waals surface area contributed by atoms with Gasteiger partial charge in [0.15, 0.2) is 0 Å². The fraction of sp³-hybridized carbons (Fsp3) is 0.400. The summed E-state index contributed by atoms with van der Waals surface area (Å²) in [5.41, 5.74) is 0.175. The molecule has 4 nitrogen and oxygen atoms in total. The van der Waals surface area contributed by atoms with Gasteiger partial charge >= 0.3 is 0 Å². The Balaban J connectivity index is 2.99. The van der Waals surface area contributed by atoms with Crippen LogP contribution >= 0.6 is 0 Å². The van der Waals surface area contributed by atoms with Gasteiger partial charge in [0, 0.05) is 6.54 Å². The largest absolute Gasteiger partial charge is 0.378 e. The zero-order valence-electron chi connectivity index (χ0n) is 9.28. The van der Waals surface area contributed by atoms with Gasteiger partial charge in [-0.1, -0.05) is 19.1 Å². The Morgan fingerprint density at radius 2 is 1.94 bits per heavy atom. The van der Waals surface area contributed by atoms with Crippen LogP contribution < -0.4 is 10.0 Å². The highest BCUT2D eigenvalue weighted by Crippen LogP contribution is 2.20. The van der Waals surface area contributed by atoms with E-state index in [2.05, 4.69) is 10.0 Å². The maximum Gasteiger partial charge on any atom is 0.255 e. The number of benzene rings is 1. The van der Waals surface area contributed by atoms with Crippen LogP contribution in [-0.2, 0) is 10.0 Å². The normalized spacial score (nSPS) is 11.8. The lowest BCUT2D eigenvalue weighted by molar-refractivity contribution is 0.163. The minimum atomic E-state index is -3.65. The average molecular weight is 264 g/mol. The molecule has 1 aromatic rings. The maximum absolute atomic E-state index is 12.1. The van der Waals surface area contributed by atoms with Gasteiger partial charge in [-0.3, -0.25) is 0 Å². The van der Waals surface area contributed by atoms with E-state index in [0.29, 0.717) is 0 Å². The molecule has 7 heteroatoms. The van der Waals surface area contributed by atoms with Crippen LogP contribution in [0.1, 0.15) is 6.92 Å². The molecular weight excluding hydrogens is 250 g/mol. The number of hydrogen-bond donors (Lipinski definition) is 2. The summed E-state index contributed by atoms with van der Waals surface area (Å²) in [4.78, 5) is -0.0255. The molecule has 0 aliphatic heterocycles. The van der Waals surface area contributed by atoms with Crippen molar-refractivity contribution in [3.8, 4) is 0 Å². The molecule has 17 heavy (non-hydrogen) atoms. The molecule has 0 aliphatic carbocycles. The first kappa shape index (κ1) is 13.9. The van der Waals surface area contributed by atoms with Crippen molar-refractivity contribution in [3.63, 3.8) is 0 Å². The summed E-state index contributed by atoms with van der Waals surface area (Å²) in [6.45, 7) is 1.30. The monoisotopic (exact) mass is 264 g/mol. The quantitative estimate of drug-likeness (QED) is 0.821. The lowest BCUT2D eigenvalue weighted by Crippen LogP contribution is -2.24. The molecule has 0 heterocycles. The van der Waals surface area contributed by atoms with Gasteiger partial charge in [-0.15, -0.1) is 0 Å². The molecule has 0 atom stereocenters. The summed E-state index contributed by atoms with van der Waals surface area (Å²) in [7, 11) is -3.65. The van der Waals surface area contributed by atoms with Crippen LogP contribution in [0.4, 0.5) is 14.5 Å². The SMILES string of the molecule is CCNS(=O)(=O)c1ccccc1NCC(F)F. The number of sulfonamides is 1. The van der Waals surface area contributed by atoms with Gasteiger partial charge in [-0.2, -0.15) is 0 Å². The number of nitrogens with one attached hydrogen (secondary N) is 2. The lowest BCUT2D eigenvalue weighted by Gasteiger charge is -2.12. The second kappa shape index (κ2) is 5.92. The van der Waals surface area contributed by atoms with Crippen LogP contribution in [0.15, 0.2) is 29.2 Å². The number of hydrogen-bond acceptors (Lipinski definition) is 3. The molecule has 2 N–H and O–H groups in total. The Labute approximate surface area is 99.1 Å². The first-order chi connectivity index (χ1) is 7.97. The fourth-order valence-corrected chi connectivity index (χ4v) is 2.52. The van der Waals surface area contributed by atoms with Crippen molar-refractivity contribution >= 4 is 15.7 Å². The van der Waals surface area contributed by atoms with Gasteiger partial charge in [0.05, 0.1) is 12.2 Å². The molecule has 0 saturated heterocycles. The third kappa shape index (κ3) is 3.94. The van der Waals surface area contributed by atoms with Crippen LogP contribution in [0, 0.1) is 0 Å². The molecule has 0 unspecified atom stereocenters. The fourth-order valence-electron chi connectivity index (χ4n) is 1.30. The Bertz CT molecular complexity index is 463. The number of anilines is 1. The van der Waals surface area contributed by atoms with E-state index in [-0.39, 0.29) is 17.1 Å². The smallest absolute Gasteiger partial charge is 0.255 e. The number of halogens is 2. The summed E-state index contributed by atoms with van der Waals surface area (Å²) >= 11 is 0. The van der Waals surface area contributed by atoms with Gasteiger partial charge in [0.2, 0.25) is 10.0 Å². The first-order valence-corrected chi connectivity index (χ1v) is 6.56. The number of para-hydroxylation sites is 1. The molecule has 1 rings (SSSR count). The summed E-state index contributed by atoms with van der Waals surface area (Å²) in [5, 5.41) is 2.41. The summed E-state index contributed by atoms with van der Waals surface area (Å²) in [5.74, 6) is 0. The Morgan fingerprint density at radius 3 is 2.53 bits per heavy atom. The molecule has 0 aliphatic rings. The summed E-state index contributed by atoms with van der Waals surface area (Å²) in [6.07, 6.45) is -2.54. The van der Waals surface area contributed by atoms with Crippen LogP contribution in [0.25, 0.3) is 0 Å². The van der Waals surface area contributed by atoms with E-state index in [1.54, 1.807) is 13.0 Å². The molecule has 0 amide bonds. The highest BCUT2D eigenvalue weighted by molar-refractivity contribution is 7.89. The van der Waals surface area contributed by atoms with E-state index in [1.807, 2.05) is 0 Å². The summed E-state index contributed by atoms with van der Waals surface area (Å²) < 4.78 is 50.0. The van der Waals surface area contributed by atoms with Gasteiger partial charge in [0.1, 0.15) is 4.90 Å². The molecule has 0 radical (unpaired) electrons. The summed E-state index contributed by atoms with van der Waals surface area (Å²) in [6, 6.07) is 5.94. The van der Waals surface area contributed by atoms with Gasteiger partial charge in [0.25, 0.3) is 6.43 Å². The molecule has 0 saturated carbocycles. The van der Waals surface area contributed by atoms with Gasteiger partial charge in [-0.25, -0.2) is 21.9 Å². The zero-order chi connectivity index (χ0) is 12.9. The second-order valence-corrected chi connectivity index (χ2v) is 5.00. The lowest BCUT2D eigenvalue weighted by atomic mass is 10.3. The Kier molecular flexibility index (Phi) is 4.83. The Morgan fingerprint density at radius 1 is 1.29 bits per heavy atom. The molecule has 0 aromatic heterocycles. The minimum Gasteiger partial charge on any atom is -0.378 e. The second-order valence-electron chi connectivity index (χ2n) is 3.27. The Hall–Kier alpha value is -1.21. The highest BCUT2D eigenvalue weighted by Gasteiger charge is 2.17. The molecule has 1 aromatic carbocycles.